The summed E-state index contributed by atoms with van der Waals surface area (Å²) in [4.78, 5) is 11.7. The number of benzene rings is 1. The van der Waals surface area contributed by atoms with Gasteiger partial charge in [-0.05, 0) is 44.0 Å². The van der Waals surface area contributed by atoms with Crippen LogP contribution in [-0.2, 0) is 0 Å². The van der Waals surface area contributed by atoms with Crippen LogP contribution in [0.1, 0.15) is 34.8 Å². The molecule has 0 aliphatic rings. The van der Waals surface area contributed by atoms with Crippen LogP contribution in [0.4, 0.5) is 0 Å². The van der Waals surface area contributed by atoms with Crippen molar-refractivity contribution in [2.75, 3.05) is 13.2 Å². The van der Waals surface area contributed by atoms with Gasteiger partial charge in [0, 0.05) is 12.0 Å². The first-order valence-electron chi connectivity index (χ1n) is 5.48. The van der Waals surface area contributed by atoms with Crippen molar-refractivity contribution in [1.82, 2.24) is 0 Å². The van der Waals surface area contributed by atoms with Crippen LogP contribution in [0.25, 0.3) is 0 Å². The van der Waals surface area contributed by atoms with Gasteiger partial charge in [0.1, 0.15) is 5.75 Å². The molecule has 0 amide bonds. The Balaban J connectivity index is 3.05. The summed E-state index contributed by atoms with van der Waals surface area (Å²) in [5, 5.41) is 8.75. The first-order valence-corrected chi connectivity index (χ1v) is 5.48. The molecule has 0 bridgehead atoms. The molecule has 88 valence electrons. The molecular formula is C13H18O3. The van der Waals surface area contributed by atoms with Crippen LogP contribution < -0.4 is 4.74 Å². The van der Waals surface area contributed by atoms with Crippen LogP contribution in [-0.4, -0.2) is 24.1 Å². The van der Waals surface area contributed by atoms with Crippen molar-refractivity contribution in [3.8, 4) is 5.75 Å². The standard InChI is InChI=1S/C13H18O3/c1-4-16-13-8-9(2)11(7-10(13)3)12(15)5-6-14/h7-8,14H,4-6H2,1-3H3. The quantitative estimate of drug-likeness (QED) is 0.777. The average molecular weight is 222 g/mol. The smallest absolute Gasteiger partial charge is 0.165 e. The molecule has 0 aliphatic heterocycles. The van der Waals surface area contributed by atoms with E-state index in [9.17, 15) is 4.79 Å². The fraction of sp³-hybridized carbons (Fsp3) is 0.462. The van der Waals surface area contributed by atoms with Gasteiger partial charge in [-0.1, -0.05) is 0 Å². The van der Waals surface area contributed by atoms with Crippen LogP contribution >= 0.6 is 0 Å². The Labute approximate surface area is 96.1 Å². The number of aliphatic hydroxyl groups excluding tert-OH is 1. The highest BCUT2D eigenvalue weighted by Gasteiger charge is 2.11. The van der Waals surface area contributed by atoms with E-state index >= 15 is 0 Å². The van der Waals surface area contributed by atoms with Crippen molar-refractivity contribution >= 4 is 5.78 Å². The normalized spacial score (nSPS) is 10.2. The maximum absolute atomic E-state index is 11.7. The van der Waals surface area contributed by atoms with E-state index in [-0.39, 0.29) is 18.8 Å². The lowest BCUT2D eigenvalue weighted by molar-refractivity contribution is 0.0956. The molecule has 0 atom stereocenters. The molecule has 0 spiro atoms. The van der Waals surface area contributed by atoms with Gasteiger partial charge in [-0.25, -0.2) is 0 Å². The third-order valence-corrected chi connectivity index (χ3v) is 2.46. The Morgan fingerprint density at radius 2 is 2.00 bits per heavy atom. The fourth-order valence-corrected chi connectivity index (χ4v) is 1.64. The van der Waals surface area contributed by atoms with Crippen molar-refractivity contribution < 1.29 is 14.6 Å². The van der Waals surface area contributed by atoms with Crippen molar-refractivity contribution in [3.63, 3.8) is 0 Å². The van der Waals surface area contributed by atoms with Crippen molar-refractivity contribution in [1.29, 1.82) is 0 Å². The first kappa shape index (κ1) is 12.7. The van der Waals surface area contributed by atoms with E-state index in [0.29, 0.717) is 12.2 Å². The van der Waals surface area contributed by atoms with Crippen LogP contribution in [0.2, 0.25) is 0 Å². The molecule has 1 aromatic rings. The molecule has 0 radical (unpaired) electrons. The number of Topliss-reactive ketones (excluding diaryl/α,β-unsaturated/α-hetero) is 1. The molecule has 16 heavy (non-hydrogen) atoms. The van der Waals surface area contributed by atoms with E-state index in [1.165, 1.54) is 0 Å². The summed E-state index contributed by atoms with van der Waals surface area (Å²) in [5.74, 6) is 0.798. The molecule has 3 heteroatoms. The zero-order chi connectivity index (χ0) is 12.1. The summed E-state index contributed by atoms with van der Waals surface area (Å²) >= 11 is 0. The lowest BCUT2D eigenvalue weighted by atomic mass is 9.99. The lowest BCUT2D eigenvalue weighted by Crippen LogP contribution is -2.05. The first-order chi connectivity index (χ1) is 7.60. The van der Waals surface area contributed by atoms with Gasteiger partial charge in [-0.3, -0.25) is 4.79 Å². The minimum Gasteiger partial charge on any atom is -0.494 e. The second-order valence-electron chi connectivity index (χ2n) is 3.76. The van der Waals surface area contributed by atoms with E-state index in [1.54, 1.807) is 0 Å². The molecule has 1 N–H and O–H groups in total. The third-order valence-electron chi connectivity index (χ3n) is 2.46. The largest absolute Gasteiger partial charge is 0.494 e. The molecule has 0 aliphatic carbocycles. The fourth-order valence-electron chi connectivity index (χ4n) is 1.64. The van der Waals surface area contributed by atoms with Gasteiger partial charge in [0.25, 0.3) is 0 Å². The van der Waals surface area contributed by atoms with Gasteiger partial charge in [0.2, 0.25) is 0 Å². The zero-order valence-corrected chi connectivity index (χ0v) is 10.0. The van der Waals surface area contributed by atoms with Crippen LogP contribution in [0.3, 0.4) is 0 Å². The van der Waals surface area contributed by atoms with Crippen molar-refractivity contribution in [2.24, 2.45) is 0 Å². The minimum absolute atomic E-state index is 0.0221. The number of aryl methyl sites for hydroxylation is 2. The molecule has 0 saturated carbocycles. The van der Waals surface area contributed by atoms with Gasteiger partial charge in [-0.2, -0.15) is 0 Å². The zero-order valence-electron chi connectivity index (χ0n) is 10.0. The van der Waals surface area contributed by atoms with Crippen molar-refractivity contribution in [3.05, 3.63) is 28.8 Å². The summed E-state index contributed by atoms with van der Waals surface area (Å²) in [6, 6.07) is 3.71. The Morgan fingerprint density at radius 3 is 2.56 bits per heavy atom. The van der Waals surface area contributed by atoms with E-state index < -0.39 is 0 Å². The highest BCUT2D eigenvalue weighted by atomic mass is 16.5. The summed E-state index contributed by atoms with van der Waals surface area (Å²) in [7, 11) is 0. The van der Waals surface area contributed by atoms with E-state index in [1.807, 2.05) is 32.9 Å². The molecule has 1 aromatic carbocycles. The molecular weight excluding hydrogens is 204 g/mol. The molecule has 0 fully saturated rings. The second-order valence-corrected chi connectivity index (χ2v) is 3.76. The summed E-state index contributed by atoms with van der Waals surface area (Å²) < 4.78 is 5.45. The number of rotatable bonds is 5. The van der Waals surface area contributed by atoms with Gasteiger partial charge in [0.15, 0.2) is 5.78 Å². The number of ether oxygens (including phenoxy) is 1. The summed E-state index contributed by atoms with van der Waals surface area (Å²) in [6.45, 7) is 6.24. The highest BCUT2D eigenvalue weighted by Crippen LogP contribution is 2.23. The summed E-state index contributed by atoms with van der Waals surface area (Å²) in [5.41, 5.74) is 2.52. The number of ketones is 1. The number of hydrogen-bond acceptors (Lipinski definition) is 3. The monoisotopic (exact) mass is 222 g/mol. The second kappa shape index (κ2) is 5.66. The predicted octanol–water partition coefficient (Wildman–Crippen LogP) is 2.27. The number of carbonyl (C=O) groups excluding carboxylic acids is 1. The number of aliphatic hydroxyl groups is 1. The van der Waals surface area contributed by atoms with Crippen LogP contribution in [0.15, 0.2) is 12.1 Å². The lowest BCUT2D eigenvalue weighted by Gasteiger charge is -2.11. The van der Waals surface area contributed by atoms with Crippen LogP contribution in [0, 0.1) is 13.8 Å². The third kappa shape index (κ3) is 2.83. The maximum Gasteiger partial charge on any atom is 0.165 e. The Kier molecular flexibility index (Phi) is 4.50. The Morgan fingerprint density at radius 1 is 1.31 bits per heavy atom. The SMILES string of the molecule is CCOc1cc(C)c(C(=O)CCO)cc1C. The predicted molar refractivity (Wildman–Crippen MR) is 63.1 cm³/mol. The van der Waals surface area contributed by atoms with Gasteiger partial charge < -0.3 is 9.84 Å². The molecule has 0 saturated heterocycles. The molecule has 0 heterocycles. The average Bonchev–Trinajstić information content (AvgIpc) is 2.23. The Hall–Kier alpha value is -1.35. The van der Waals surface area contributed by atoms with E-state index in [0.717, 1.165) is 16.9 Å². The molecule has 1 rings (SSSR count). The van der Waals surface area contributed by atoms with Gasteiger partial charge in [0.05, 0.1) is 13.2 Å². The van der Waals surface area contributed by atoms with Crippen LogP contribution in [0.5, 0.6) is 5.75 Å². The molecule has 0 aromatic heterocycles. The molecule has 3 nitrogen and oxygen atoms in total. The van der Waals surface area contributed by atoms with Gasteiger partial charge >= 0.3 is 0 Å². The van der Waals surface area contributed by atoms with Gasteiger partial charge in [-0.15, -0.1) is 0 Å². The summed E-state index contributed by atoms with van der Waals surface area (Å²) in [6.07, 6.45) is 0.175. The minimum atomic E-state index is -0.107. The highest BCUT2D eigenvalue weighted by molar-refractivity contribution is 5.97. The van der Waals surface area contributed by atoms with E-state index in [4.69, 9.17) is 9.84 Å². The number of hydrogen-bond donors (Lipinski definition) is 1. The number of carbonyl (C=O) groups is 1. The maximum atomic E-state index is 11.7. The van der Waals surface area contributed by atoms with Crippen molar-refractivity contribution in [2.45, 2.75) is 27.2 Å². The Bertz CT molecular complexity index is 383. The molecule has 0 unspecified atom stereocenters. The topological polar surface area (TPSA) is 46.5 Å². The van der Waals surface area contributed by atoms with E-state index in [2.05, 4.69) is 0 Å².